The van der Waals surface area contributed by atoms with Crippen molar-refractivity contribution in [2.24, 2.45) is 0 Å². The highest BCUT2D eigenvalue weighted by Gasteiger charge is 2.02. The zero-order valence-electron chi connectivity index (χ0n) is 11.2. The Labute approximate surface area is 109 Å². The second kappa shape index (κ2) is 8.53. The molecule has 0 unspecified atom stereocenters. The third-order valence-electron chi connectivity index (χ3n) is 2.42. The standard InChI is InChI=1S/C14H22N2O2/c1-3-8-16-14(17)11-18-13-7-5-6-12(9-13)10-15-4-2/h5-7,9,15H,3-4,8,10-11H2,1-2H3,(H,16,17). The molecule has 0 saturated carbocycles. The minimum absolute atomic E-state index is 0.0741. The Hall–Kier alpha value is -1.55. The molecule has 4 nitrogen and oxygen atoms in total. The molecule has 100 valence electrons. The summed E-state index contributed by atoms with van der Waals surface area (Å²) in [6.45, 7) is 6.61. The minimum Gasteiger partial charge on any atom is -0.484 e. The molecule has 0 heterocycles. The van der Waals surface area contributed by atoms with Gasteiger partial charge in [-0.1, -0.05) is 26.0 Å². The first-order valence-electron chi connectivity index (χ1n) is 6.45. The van der Waals surface area contributed by atoms with Crippen LogP contribution >= 0.6 is 0 Å². The number of rotatable bonds is 8. The summed E-state index contributed by atoms with van der Waals surface area (Å²) in [5.41, 5.74) is 1.16. The van der Waals surface area contributed by atoms with Gasteiger partial charge in [-0.05, 0) is 30.7 Å². The van der Waals surface area contributed by atoms with E-state index in [4.69, 9.17) is 4.74 Å². The van der Waals surface area contributed by atoms with E-state index >= 15 is 0 Å². The number of nitrogens with one attached hydrogen (secondary N) is 2. The van der Waals surface area contributed by atoms with Crippen LogP contribution in [0.2, 0.25) is 0 Å². The van der Waals surface area contributed by atoms with Crippen LogP contribution in [0.3, 0.4) is 0 Å². The highest BCUT2D eigenvalue weighted by atomic mass is 16.5. The molecule has 2 N–H and O–H groups in total. The smallest absolute Gasteiger partial charge is 0.257 e. The zero-order valence-corrected chi connectivity index (χ0v) is 11.2. The average Bonchev–Trinajstić information content (AvgIpc) is 2.41. The van der Waals surface area contributed by atoms with E-state index in [1.807, 2.05) is 31.2 Å². The summed E-state index contributed by atoms with van der Waals surface area (Å²) in [7, 11) is 0. The van der Waals surface area contributed by atoms with Crippen molar-refractivity contribution >= 4 is 5.91 Å². The van der Waals surface area contributed by atoms with Gasteiger partial charge >= 0.3 is 0 Å². The predicted octanol–water partition coefficient (Wildman–Crippen LogP) is 1.70. The van der Waals surface area contributed by atoms with Crippen molar-refractivity contribution in [3.63, 3.8) is 0 Å². The minimum atomic E-state index is -0.0751. The first-order chi connectivity index (χ1) is 8.76. The van der Waals surface area contributed by atoms with Gasteiger partial charge in [0.25, 0.3) is 5.91 Å². The fourth-order valence-electron chi connectivity index (χ4n) is 1.48. The molecule has 0 radical (unpaired) electrons. The van der Waals surface area contributed by atoms with Gasteiger partial charge in [-0.15, -0.1) is 0 Å². The lowest BCUT2D eigenvalue weighted by Gasteiger charge is -2.08. The molecule has 1 aromatic carbocycles. The lowest BCUT2D eigenvalue weighted by molar-refractivity contribution is -0.123. The van der Waals surface area contributed by atoms with Crippen molar-refractivity contribution in [1.82, 2.24) is 10.6 Å². The maximum absolute atomic E-state index is 11.4. The van der Waals surface area contributed by atoms with Crippen LogP contribution in [0.4, 0.5) is 0 Å². The zero-order chi connectivity index (χ0) is 13.2. The highest BCUT2D eigenvalue weighted by Crippen LogP contribution is 2.12. The van der Waals surface area contributed by atoms with Gasteiger partial charge in [-0.25, -0.2) is 0 Å². The second-order valence-electron chi connectivity index (χ2n) is 4.07. The third kappa shape index (κ3) is 5.68. The summed E-state index contributed by atoms with van der Waals surface area (Å²) >= 11 is 0. The number of benzene rings is 1. The maximum Gasteiger partial charge on any atom is 0.257 e. The Morgan fingerprint density at radius 3 is 2.89 bits per heavy atom. The van der Waals surface area contributed by atoms with Crippen LogP contribution in [0, 0.1) is 0 Å². The molecule has 0 aliphatic heterocycles. The van der Waals surface area contributed by atoms with E-state index in [-0.39, 0.29) is 12.5 Å². The summed E-state index contributed by atoms with van der Waals surface area (Å²) < 4.78 is 5.45. The maximum atomic E-state index is 11.4. The van der Waals surface area contributed by atoms with Gasteiger partial charge in [0.15, 0.2) is 6.61 Å². The SMILES string of the molecule is CCCNC(=O)COc1cccc(CNCC)c1. The summed E-state index contributed by atoms with van der Waals surface area (Å²) in [5, 5.41) is 6.02. The van der Waals surface area contributed by atoms with Crippen molar-refractivity contribution in [1.29, 1.82) is 0 Å². The normalized spacial score (nSPS) is 10.1. The van der Waals surface area contributed by atoms with Gasteiger partial charge in [-0.2, -0.15) is 0 Å². The third-order valence-corrected chi connectivity index (χ3v) is 2.42. The number of hydrogen-bond donors (Lipinski definition) is 2. The molecule has 0 aliphatic rings. The molecule has 1 aromatic rings. The van der Waals surface area contributed by atoms with Crippen LogP contribution in [0.1, 0.15) is 25.8 Å². The topological polar surface area (TPSA) is 50.4 Å². The van der Waals surface area contributed by atoms with Crippen molar-refractivity contribution in [2.45, 2.75) is 26.8 Å². The second-order valence-corrected chi connectivity index (χ2v) is 4.07. The fourth-order valence-corrected chi connectivity index (χ4v) is 1.48. The number of ether oxygens (including phenoxy) is 1. The van der Waals surface area contributed by atoms with Gasteiger partial charge in [0, 0.05) is 13.1 Å². The molecular weight excluding hydrogens is 228 g/mol. The largest absolute Gasteiger partial charge is 0.484 e. The summed E-state index contributed by atoms with van der Waals surface area (Å²) in [4.78, 5) is 11.4. The molecule has 0 spiro atoms. The Morgan fingerprint density at radius 1 is 1.33 bits per heavy atom. The number of amides is 1. The molecule has 1 rings (SSSR count). The molecule has 0 aromatic heterocycles. The first kappa shape index (κ1) is 14.5. The van der Waals surface area contributed by atoms with Crippen LogP contribution in [0.5, 0.6) is 5.75 Å². The fraction of sp³-hybridized carbons (Fsp3) is 0.500. The van der Waals surface area contributed by atoms with Crippen molar-refractivity contribution < 1.29 is 9.53 Å². The molecule has 1 amide bonds. The Balaban J connectivity index is 2.39. The van der Waals surface area contributed by atoms with E-state index in [9.17, 15) is 4.79 Å². The molecule has 0 bridgehead atoms. The summed E-state index contributed by atoms with van der Waals surface area (Å²) in [6, 6.07) is 7.79. The molecule has 0 fully saturated rings. The van der Waals surface area contributed by atoms with Crippen molar-refractivity contribution in [2.75, 3.05) is 19.7 Å². The van der Waals surface area contributed by atoms with Gasteiger partial charge in [0.05, 0.1) is 0 Å². The van der Waals surface area contributed by atoms with Crippen molar-refractivity contribution in [3.8, 4) is 5.75 Å². The van der Waals surface area contributed by atoms with Gasteiger partial charge < -0.3 is 15.4 Å². The Bertz CT molecular complexity index is 367. The van der Waals surface area contributed by atoms with Crippen LogP contribution < -0.4 is 15.4 Å². The number of carbonyl (C=O) groups excluding carboxylic acids is 1. The lowest BCUT2D eigenvalue weighted by Crippen LogP contribution is -2.29. The predicted molar refractivity (Wildman–Crippen MR) is 72.6 cm³/mol. The van der Waals surface area contributed by atoms with Crippen molar-refractivity contribution in [3.05, 3.63) is 29.8 Å². The van der Waals surface area contributed by atoms with E-state index in [1.165, 1.54) is 0 Å². The van der Waals surface area contributed by atoms with Gasteiger partial charge in [0.1, 0.15) is 5.75 Å². The molecule has 18 heavy (non-hydrogen) atoms. The molecule has 0 saturated heterocycles. The summed E-state index contributed by atoms with van der Waals surface area (Å²) in [5.74, 6) is 0.658. The monoisotopic (exact) mass is 250 g/mol. The van der Waals surface area contributed by atoms with E-state index in [0.717, 1.165) is 30.8 Å². The first-order valence-corrected chi connectivity index (χ1v) is 6.45. The summed E-state index contributed by atoms with van der Waals surface area (Å²) in [6.07, 6.45) is 0.934. The van der Waals surface area contributed by atoms with Gasteiger partial charge in [0.2, 0.25) is 0 Å². The van der Waals surface area contributed by atoms with E-state index in [0.29, 0.717) is 6.54 Å². The number of carbonyl (C=O) groups is 1. The molecule has 4 heteroatoms. The molecule has 0 aliphatic carbocycles. The molecule has 0 atom stereocenters. The Kier molecular flexibility index (Phi) is 6.87. The van der Waals surface area contributed by atoms with E-state index in [2.05, 4.69) is 17.6 Å². The van der Waals surface area contributed by atoms with Crippen LogP contribution in [0.15, 0.2) is 24.3 Å². The highest BCUT2D eigenvalue weighted by molar-refractivity contribution is 5.77. The Morgan fingerprint density at radius 2 is 2.17 bits per heavy atom. The quantitative estimate of drug-likeness (QED) is 0.738. The average molecular weight is 250 g/mol. The molecular formula is C14H22N2O2. The van der Waals surface area contributed by atoms with E-state index in [1.54, 1.807) is 0 Å². The van der Waals surface area contributed by atoms with Crippen LogP contribution in [-0.2, 0) is 11.3 Å². The number of hydrogen-bond acceptors (Lipinski definition) is 3. The van der Waals surface area contributed by atoms with Crippen LogP contribution in [0.25, 0.3) is 0 Å². The van der Waals surface area contributed by atoms with E-state index < -0.39 is 0 Å². The van der Waals surface area contributed by atoms with Gasteiger partial charge in [-0.3, -0.25) is 4.79 Å². The van der Waals surface area contributed by atoms with Crippen LogP contribution in [-0.4, -0.2) is 25.6 Å². The lowest BCUT2D eigenvalue weighted by atomic mass is 10.2.